The van der Waals surface area contributed by atoms with Crippen LogP contribution in [0.2, 0.25) is 0 Å². The number of amides is 1. The predicted octanol–water partition coefficient (Wildman–Crippen LogP) is 2.24. The van der Waals surface area contributed by atoms with Crippen LogP contribution in [0.15, 0.2) is 29.4 Å². The van der Waals surface area contributed by atoms with Crippen LogP contribution in [-0.4, -0.2) is 29.4 Å². The summed E-state index contributed by atoms with van der Waals surface area (Å²) in [6.07, 6.45) is -1.02. The topological polar surface area (TPSA) is 42.0 Å². The number of hydrogen-bond donors (Lipinski definition) is 1. The van der Waals surface area contributed by atoms with E-state index in [-0.39, 0.29) is 6.54 Å². The summed E-state index contributed by atoms with van der Waals surface area (Å²) in [6.45, 7) is 0.0242. The summed E-state index contributed by atoms with van der Waals surface area (Å²) >= 11 is 1.51. The first-order valence-corrected chi connectivity index (χ1v) is 5.86. The van der Waals surface area contributed by atoms with Crippen molar-refractivity contribution >= 4 is 17.7 Å². The highest BCUT2D eigenvalue weighted by atomic mass is 32.2. The molecule has 0 aromatic carbocycles. The fourth-order valence-electron chi connectivity index (χ4n) is 0.999. The van der Waals surface area contributed by atoms with Gasteiger partial charge in [-0.05, 0) is 24.3 Å². The molecule has 0 aliphatic rings. The number of thioether (sulfide) groups is 1. The summed E-state index contributed by atoms with van der Waals surface area (Å²) in [5.74, 6) is -1.24. The molecule has 1 aromatic heterocycles. The Morgan fingerprint density at radius 3 is 2.59 bits per heavy atom. The number of pyridine rings is 1. The first-order chi connectivity index (χ1) is 8.00. The summed E-state index contributed by atoms with van der Waals surface area (Å²) in [5, 5.41) is 1.82. The SMILES string of the molecule is O=C(NCCCSc1ccncc1)C(F)(F)F. The average molecular weight is 264 g/mol. The van der Waals surface area contributed by atoms with Gasteiger partial charge >= 0.3 is 12.1 Å². The molecular weight excluding hydrogens is 253 g/mol. The quantitative estimate of drug-likeness (QED) is 0.655. The maximum atomic E-state index is 11.8. The van der Waals surface area contributed by atoms with Gasteiger partial charge in [0.15, 0.2) is 0 Å². The second kappa shape index (κ2) is 6.48. The summed E-state index contributed by atoms with van der Waals surface area (Å²) in [4.78, 5) is 15.3. The molecule has 0 unspecified atom stereocenters. The van der Waals surface area contributed by atoms with Crippen molar-refractivity contribution in [2.45, 2.75) is 17.5 Å². The van der Waals surface area contributed by atoms with Crippen molar-refractivity contribution in [2.75, 3.05) is 12.3 Å². The van der Waals surface area contributed by atoms with Gasteiger partial charge in [-0.1, -0.05) is 0 Å². The standard InChI is InChI=1S/C10H11F3N2OS/c11-10(12,13)9(16)15-4-1-7-17-8-2-5-14-6-3-8/h2-3,5-6H,1,4,7H2,(H,15,16). The molecule has 0 fully saturated rings. The normalized spacial score (nSPS) is 11.2. The van der Waals surface area contributed by atoms with Gasteiger partial charge in [-0.2, -0.15) is 13.2 Å². The monoisotopic (exact) mass is 264 g/mol. The summed E-state index contributed by atoms with van der Waals surface area (Å²) in [5.41, 5.74) is 0. The summed E-state index contributed by atoms with van der Waals surface area (Å²) in [6, 6.07) is 3.64. The van der Waals surface area contributed by atoms with E-state index in [0.29, 0.717) is 12.2 Å². The first kappa shape index (κ1) is 13.8. The second-order valence-corrected chi connectivity index (χ2v) is 4.31. The van der Waals surface area contributed by atoms with Crippen LogP contribution in [0.25, 0.3) is 0 Å². The minimum absolute atomic E-state index is 0.0242. The first-order valence-electron chi connectivity index (χ1n) is 4.88. The molecule has 0 saturated carbocycles. The Labute approximate surface area is 101 Å². The summed E-state index contributed by atoms with van der Waals surface area (Å²) < 4.78 is 35.4. The number of aromatic nitrogens is 1. The van der Waals surface area contributed by atoms with Crippen LogP contribution in [0, 0.1) is 0 Å². The van der Waals surface area contributed by atoms with Gasteiger partial charge in [-0.25, -0.2) is 0 Å². The van der Waals surface area contributed by atoms with E-state index < -0.39 is 12.1 Å². The van der Waals surface area contributed by atoms with Crippen molar-refractivity contribution in [3.63, 3.8) is 0 Å². The van der Waals surface area contributed by atoms with Crippen LogP contribution in [0.4, 0.5) is 13.2 Å². The van der Waals surface area contributed by atoms with Crippen molar-refractivity contribution < 1.29 is 18.0 Å². The number of hydrogen-bond acceptors (Lipinski definition) is 3. The highest BCUT2D eigenvalue weighted by molar-refractivity contribution is 7.99. The highest BCUT2D eigenvalue weighted by Gasteiger charge is 2.38. The molecule has 7 heteroatoms. The molecule has 1 amide bonds. The van der Waals surface area contributed by atoms with Crippen molar-refractivity contribution in [3.05, 3.63) is 24.5 Å². The summed E-state index contributed by atoms with van der Waals surface area (Å²) in [7, 11) is 0. The lowest BCUT2D eigenvalue weighted by atomic mass is 10.4. The molecule has 1 N–H and O–H groups in total. The Balaban J connectivity index is 2.12. The second-order valence-electron chi connectivity index (χ2n) is 3.14. The minimum atomic E-state index is -4.79. The lowest BCUT2D eigenvalue weighted by Gasteiger charge is -2.07. The molecule has 1 heterocycles. The number of alkyl halides is 3. The van der Waals surface area contributed by atoms with Crippen LogP contribution in [0.3, 0.4) is 0 Å². The molecule has 1 aromatic rings. The van der Waals surface area contributed by atoms with E-state index in [4.69, 9.17) is 0 Å². The molecule has 3 nitrogen and oxygen atoms in total. The van der Waals surface area contributed by atoms with Crippen molar-refractivity contribution in [3.8, 4) is 0 Å². The minimum Gasteiger partial charge on any atom is -0.348 e. The zero-order valence-corrected chi connectivity index (χ0v) is 9.64. The zero-order chi connectivity index (χ0) is 12.7. The Bertz CT molecular complexity index is 356. The van der Waals surface area contributed by atoms with Crippen molar-refractivity contribution in [1.82, 2.24) is 10.3 Å². The molecule has 94 valence electrons. The van der Waals surface area contributed by atoms with Crippen LogP contribution >= 0.6 is 11.8 Å². The molecule has 1 rings (SSSR count). The molecule has 0 atom stereocenters. The Morgan fingerprint density at radius 1 is 1.35 bits per heavy atom. The Kier molecular flexibility index (Phi) is 5.27. The smallest absolute Gasteiger partial charge is 0.348 e. The number of nitrogens with zero attached hydrogens (tertiary/aromatic N) is 1. The fraction of sp³-hybridized carbons (Fsp3) is 0.400. The fourth-order valence-corrected chi connectivity index (χ4v) is 1.84. The molecule has 0 spiro atoms. The number of nitrogens with one attached hydrogen (secondary N) is 1. The maximum Gasteiger partial charge on any atom is 0.471 e. The molecule has 0 bridgehead atoms. The third kappa shape index (κ3) is 5.58. The third-order valence-corrected chi connectivity index (χ3v) is 2.88. The Hall–Kier alpha value is -1.24. The van der Waals surface area contributed by atoms with E-state index in [0.717, 1.165) is 4.90 Å². The predicted molar refractivity (Wildman–Crippen MR) is 58.6 cm³/mol. The molecule has 0 radical (unpaired) electrons. The van der Waals surface area contributed by atoms with Gasteiger partial charge in [-0.15, -0.1) is 11.8 Å². The lowest BCUT2D eigenvalue weighted by Crippen LogP contribution is -2.37. The van der Waals surface area contributed by atoms with Gasteiger partial charge in [-0.3, -0.25) is 9.78 Å². The third-order valence-electron chi connectivity index (χ3n) is 1.78. The number of carbonyl (C=O) groups excluding carboxylic acids is 1. The van der Waals surface area contributed by atoms with Gasteiger partial charge in [0.25, 0.3) is 0 Å². The van der Waals surface area contributed by atoms with Crippen LogP contribution in [-0.2, 0) is 4.79 Å². The zero-order valence-electron chi connectivity index (χ0n) is 8.83. The molecule has 0 saturated heterocycles. The molecule has 0 aliphatic carbocycles. The Morgan fingerprint density at radius 2 is 2.00 bits per heavy atom. The van der Waals surface area contributed by atoms with Gasteiger partial charge in [0.05, 0.1) is 0 Å². The van der Waals surface area contributed by atoms with E-state index in [9.17, 15) is 18.0 Å². The van der Waals surface area contributed by atoms with Gasteiger partial charge in [0, 0.05) is 23.8 Å². The van der Waals surface area contributed by atoms with E-state index >= 15 is 0 Å². The average Bonchev–Trinajstić information content (AvgIpc) is 2.28. The van der Waals surface area contributed by atoms with Crippen LogP contribution in [0.1, 0.15) is 6.42 Å². The van der Waals surface area contributed by atoms with E-state index in [1.54, 1.807) is 12.4 Å². The number of rotatable bonds is 5. The van der Waals surface area contributed by atoms with Crippen LogP contribution in [0.5, 0.6) is 0 Å². The van der Waals surface area contributed by atoms with Crippen molar-refractivity contribution in [1.29, 1.82) is 0 Å². The van der Waals surface area contributed by atoms with E-state index in [2.05, 4.69) is 4.98 Å². The van der Waals surface area contributed by atoms with Gasteiger partial charge in [0.1, 0.15) is 0 Å². The lowest BCUT2D eigenvalue weighted by molar-refractivity contribution is -0.173. The number of carbonyl (C=O) groups is 1. The number of halogens is 3. The maximum absolute atomic E-state index is 11.8. The van der Waals surface area contributed by atoms with E-state index in [1.807, 2.05) is 17.4 Å². The molecule has 17 heavy (non-hydrogen) atoms. The van der Waals surface area contributed by atoms with E-state index in [1.165, 1.54) is 11.8 Å². The van der Waals surface area contributed by atoms with Gasteiger partial charge in [0.2, 0.25) is 0 Å². The van der Waals surface area contributed by atoms with Gasteiger partial charge < -0.3 is 5.32 Å². The molecule has 0 aliphatic heterocycles. The largest absolute Gasteiger partial charge is 0.471 e. The van der Waals surface area contributed by atoms with Crippen LogP contribution < -0.4 is 5.32 Å². The van der Waals surface area contributed by atoms with Crippen molar-refractivity contribution in [2.24, 2.45) is 0 Å². The molecular formula is C10H11F3N2OS. The highest BCUT2D eigenvalue weighted by Crippen LogP contribution is 2.17.